The van der Waals surface area contributed by atoms with Crippen molar-refractivity contribution in [2.45, 2.75) is 51.1 Å². The van der Waals surface area contributed by atoms with Crippen molar-refractivity contribution in [1.29, 1.82) is 0 Å². The number of hydrogen-bond donors (Lipinski definition) is 2. The number of fused-ring (bicyclic) bond motifs is 1. The number of carboxylic acids is 1. The normalized spacial score (nSPS) is 19.2. The Kier molecular flexibility index (Phi) is 5.01. The van der Waals surface area contributed by atoms with Gasteiger partial charge in [-0.25, -0.2) is 0 Å². The van der Waals surface area contributed by atoms with Gasteiger partial charge >= 0.3 is 5.97 Å². The van der Waals surface area contributed by atoms with Gasteiger partial charge in [-0.05, 0) is 48.9 Å². The van der Waals surface area contributed by atoms with Crippen LogP contribution in [0.5, 0.6) is 5.75 Å². The molecule has 20 heavy (non-hydrogen) atoms. The first kappa shape index (κ1) is 14.9. The van der Waals surface area contributed by atoms with Gasteiger partial charge in [0.25, 0.3) is 0 Å². The van der Waals surface area contributed by atoms with Crippen LogP contribution >= 0.6 is 0 Å². The topological polar surface area (TPSA) is 58.6 Å². The fourth-order valence-corrected chi connectivity index (χ4v) is 2.85. The summed E-state index contributed by atoms with van der Waals surface area (Å²) < 4.78 is 5.24. The Balaban J connectivity index is 2.01. The van der Waals surface area contributed by atoms with Crippen molar-refractivity contribution in [3.8, 4) is 5.75 Å². The molecule has 2 unspecified atom stereocenters. The van der Waals surface area contributed by atoms with Crippen molar-refractivity contribution in [3.05, 3.63) is 29.3 Å². The zero-order valence-electron chi connectivity index (χ0n) is 12.2. The molecule has 110 valence electrons. The van der Waals surface area contributed by atoms with E-state index in [1.165, 1.54) is 11.1 Å². The number of benzene rings is 1. The average Bonchev–Trinajstić information content (AvgIpc) is 2.46. The summed E-state index contributed by atoms with van der Waals surface area (Å²) in [6.45, 7) is 2.01. The molecule has 4 nitrogen and oxygen atoms in total. The van der Waals surface area contributed by atoms with E-state index in [9.17, 15) is 9.90 Å². The van der Waals surface area contributed by atoms with Gasteiger partial charge in [0.15, 0.2) is 0 Å². The maximum absolute atomic E-state index is 11.2. The van der Waals surface area contributed by atoms with Crippen molar-refractivity contribution in [2.75, 3.05) is 7.11 Å². The minimum atomic E-state index is -0.743. The van der Waals surface area contributed by atoms with Gasteiger partial charge in [-0.2, -0.15) is 0 Å². The molecular formula is C16H23NO3. The Morgan fingerprint density at radius 1 is 1.50 bits per heavy atom. The van der Waals surface area contributed by atoms with Gasteiger partial charge < -0.3 is 15.2 Å². The van der Waals surface area contributed by atoms with E-state index in [4.69, 9.17) is 4.74 Å². The van der Waals surface area contributed by atoms with E-state index in [1.54, 1.807) is 7.11 Å². The highest BCUT2D eigenvalue weighted by molar-refractivity contribution is 5.73. The predicted octanol–water partition coefficient (Wildman–Crippen LogP) is 2.40. The Bertz CT molecular complexity index is 473. The smallest absolute Gasteiger partial charge is 0.320 e. The molecule has 0 fully saturated rings. The van der Waals surface area contributed by atoms with Gasteiger partial charge in [0.2, 0.25) is 0 Å². The molecule has 1 aromatic carbocycles. The van der Waals surface area contributed by atoms with Crippen LogP contribution in [0.1, 0.15) is 37.3 Å². The fourth-order valence-electron chi connectivity index (χ4n) is 2.85. The molecule has 0 aromatic heterocycles. The van der Waals surface area contributed by atoms with E-state index in [0.29, 0.717) is 6.42 Å². The molecule has 0 amide bonds. The van der Waals surface area contributed by atoms with Crippen LogP contribution in [-0.2, 0) is 17.6 Å². The highest BCUT2D eigenvalue weighted by Gasteiger charge is 2.24. The largest absolute Gasteiger partial charge is 0.497 e. The van der Waals surface area contributed by atoms with Crippen molar-refractivity contribution < 1.29 is 14.6 Å². The molecule has 0 saturated carbocycles. The van der Waals surface area contributed by atoms with Crippen molar-refractivity contribution in [2.24, 2.45) is 0 Å². The summed E-state index contributed by atoms with van der Waals surface area (Å²) in [5.41, 5.74) is 2.62. The standard InChI is InChI=1S/C16H23NO3/c1-3-4-15(16(18)19)17-13-7-5-12-10-14(20-2)8-6-11(12)9-13/h6,8,10,13,15,17H,3-5,7,9H2,1-2H3,(H,18,19). The Morgan fingerprint density at radius 2 is 2.30 bits per heavy atom. The van der Waals surface area contributed by atoms with E-state index < -0.39 is 12.0 Å². The van der Waals surface area contributed by atoms with Gasteiger partial charge in [-0.15, -0.1) is 0 Å². The van der Waals surface area contributed by atoms with Crippen LogP contribution < -0.4 is 10.1 Å². The van der Waals surface area contributed by atoms with E-state index in [0.717, 1.165) is 31.4 Å². The van der Waals surface area contributed by atoms with Crippen molar-refractivity contribution in [3.63, 3.8) is 0 Å². The quantitative estimate of drug-likeness (QED) is 0.838. The first-order valence-electron chi connectivity index (χ1n) is 7.28. The van der Waals surface area contributed by atoms with Crippen LogP contribution in [0, 0.1) is 0 Å². The molecule has 4 heteroatoms. The van der Waals surface area contributed by atoms with Crippen LogP contribution in [-0.4, -0.2) is 30.3 Å². The second kappa shape index (κ2) is 6.75. The third-order valence-electron chi connectivity index (χ3n) is 3.95. The number of carbonyl (C=O) groups is 1. The van der Waals surface area contributed by atoms with E-state index >= 15 is 0 Å². The lowest BCUT2D eigenvalue weighted by atomic mass is 9.87. The number of aliphatic carboxylic acids is 1. The monoisotopic (exact) mass is 277 g/mol. The van der Waals surface area contributed by atoms with Crippen LogP contribution in [0.2, 0.25) is 0 Å². The van der Waals surface area contributed by atoms with Crippen LogP contribution in [0.4, 0.5) is 0 Å². The molecule has 0 heterocycles. The minimum Gasteiger partial charge on any atom is -0.497 e. The molecule has 0 saturated heterocycles. The molecule has 2 atom stereocenters. The van der Waals surface area contributed by atoms with Crippen molar-refractivity contribution >= 4 is 5.97 Å². The number of hydrogen-bond acceptors (Lipinski definition) is 3. The lowest BCUT2D eigenvalue weighted by Gasteiger charge is -2.28. The van der Waals surface area contributed by atoms with Gasteiger partial charge in [-0.3, -0.25) is 4.79 Å². The summed E-state index contributed by atoms with van der Waals surface area (Å²) >= 11 is 0. The van der Waals surface area contributed by atoms with E-state index in [1.807, 2.05) is 13.0 Å². The fraction of sp³-hybridized carbons (Fsp3) is 0.562. The summed E-state index contributed by atoms with van der Waals surface area (Å²) in [6.07, 6.45) is 4.41. The van der Waals surface area contributed by atoms with Gasteiger partial charge in [0.1, 0.15) is 11.8 Å². The summed E-state index contributed by atoms with van der Waals surface area (Å²) in [5.74, 6) is 0.150. The highest BCUT2D eigenvalue weighted by atomic mass is 16.5. The van der Waals surface area contributed by atoms with Gasteiger partial charge in [0.05, 0.1) is 7.11 Å². The first-order chi connectivity index (χ1) is 9.63. The molecule has 0 bridgehead atoms. The van der Waals surface area contributed by atoms with Crippen molar-refractivity contribution in [1.82, 2.24) is 5.32 Å². The third-order valence-corrected chi connectivity index (χ3v) is 3.95. The van der Waals surface area contributed by atoms with Crippen LogP contribution in [0.25, 0.3) is 0 Å². The summed E-state index contributed by atoms with van der Waals surface area (Å²) in [5, 5.41) is 12.5. The second-order valence-electron chi connectivity index (χ2n) is 5.42. The Hall–Kier alpha value is -1.55. The second-order valence-corrected chi connectivity index (χ2v) is 5.42. The summed E-state index contributed by atoms with van der Waals surface area (Å²) in [7, 11) is 1.68. The van der Waals surface area contributed by atoms with Gasteiger partial charge in [0, 0.05) is 6.04 Å². The Morgan fingerprint density at radius 3 is 2.95 bits per heavy atom. The van der Waals surface area contributed by atoms with Gasteiger partial charge in [-0.1, -0.05) is 19.4 Å². The summed E-state index contributed by atoms with van der Waals surface area (Å²) in [4.78, 5) is 11.2. The number of ether oxygens (including phenoxy) is 1. The number of carboxylic acid groups (broad SMARTS) is 1. The number of nitrogens with one attached hydrogen (secondary N) is 1. The lowest BCUT2D eigenvalue weighted by molar-refractivity contribution is -0.139. The predicted molar refractivity (Wildman–Crippen MR) is 78.3 cm³/mol. The third kappa shape index (κ3) is 3.51. The molecule has 0 aliphatic heterocycles. The minimum absolute atomic E-state index is 0.253. The molecule has 0 radical (unpaired) electrons. The van der Waals surface area contributed by atoms with Crippen LogP contribution in [0.15, 0.2) is 18.2 Å². The van der Waals surface area contributed by atoms with Crippen LogP contribution in [0.3, 0.4) is 0 Å². The maximum atomic E-state index is 11.2. The Labute approximate surface area is 120 Å². The number of rotatable bonds is 6. The SMILES string of the molecule is CCCC(NC1CCc2cc(OC)ccc2C1)C(=O)O. The molecular weight excluding hydrogens is 254 g/mol. The highest BCUT2D eigenvalue weighted by Crippen LogP contribution is 2.25. The molecule has 2 rings (SSSR count). The first-order valence-corrected chi connectivity index (χ1v) is 7.28. The number of methoxy groups -OCH3 is 1. The molecule has 1 aromatic rings. The van der Waals surface area contributed by atoms with E-state index in [2.05, 4.69) is 17.4 Å². The maximum Gasteiger partial charge on any atom is 0.320 e. The lowest BCUT2D eigenvalue weighted by Crippen LogP contribution is -2.45. The number of aryl methyl sites for hydroxylation is 1. The summed E-state index contributed by atoms with van der Waals surface area (Å²) in [6, 6.07) is 5.99. The average molecular weight is 277 g/mol. The zero-order valence-corrected chi connectivity index (χ0v) is 12.2. The molecule has 0 spiro atoms. The molecule has 1 aliphatic carbocycles. The molecule has 2 N–H and O–H groups in total. The zero-order chi connectivity index (χ0) is 14.5. The molecule has 1 aliphatic rings. The van der Waals surface area contributed by atoms with E-state index in [-0.39, 0.29) is 6.04 Å².